The van der Waals surface area contributed by atoms with Gasteiger partial charge in [0.25, 0.3) is 5.91 Å². The van der Waals surface area contributed by atoms with Crippen molar-refractivity contribution in [3.8, 4) is 11.5 Å². The van der Waals surface area contributed by atoms with Crippen molar-refractivity contribution >= 4 is 12.0 Å². The number of aromatic hydroxyl groups is 1. The summed E-state index contributed by atoms with van der Waals surface area (Å²) < 4.78 is 4.87. The second kappa shape index (κ2) is 2.58. The van der Waals surface area contributed by atoms with Crippen molar-refractivity contribution in [1.82, 2.24) is 0 Å². The molecular formula is C9H7NO3. The van der Waals surface area contributed by atoms with Crippen LogP contribution in [0.3, 0.4) is 0 Å². The summed E-state index contributed by atoms with van der Waals surface area (Å²) >= 11 is 0. The highest BCUT2D eigenvalue weighted by atomic mass is 16.5. The minimum atomic E-state index is -0.303. The van der Waals surface area contributed by atoms with Gasteiger partial charge in [-0.25, -0.2) is 4.99 Å². The van der Waals surface area contributed by atoms with Gasteiger partial charge in [-0.2, -0.15) is 0 Å². The van der Waals surface area contributed by atoms with Gasteiger partial charge in [0, 0.05) is 17.4 Å². The lowest BCUT2D eigenvalue weighted by molar-refractivity contribution is -0.112. The van der Waals surface area contributed by atoms with E-state index in [1.807, 2.05) is 0 Å². The van der Waals surface area contributed by atoms with Gasteiger partial charge in [-0.3, -0.25) is 4.79 Å². The highest BCUT2D eigenvalue weighted by Gasteiger charge is 2.07. The van der Waals surface area contributed by atoms with E-state index >= 15 is 0 Å². The van der Waals surface area contributed by atoms with E-state index in [1.165, 1.54) is 25.3 Å². The Morgan fingerprint density at radius 1 is 1.46 bits per heavy atom. The molecule has 1 aliphatic heterocycles. The van der Waals surface area contributed by atoms with Crippen molar-refractivity contribution < 1.29 is 14.6 Å². The Balaban J connectivity index is 2.78. The van der Waals surface area contributed by atoms with Crippen LogP contribution < -0.4 is 15.3 Å². The maximum Gasteiger partial charge on any atom is 0.270 e. The molecule has 1 heterocycles. The third-order valence-electron chi connectivity index (χ3n) is 1.84. The monoisotopic (exact) mass is 177 g/mol. The average Bonchev–Trinajstić information content (AvgIpc) is 2.42. The highest BCUT2D eigenvalue weighted by Crippen LogP contribution is 2.20. The van der Waals surface area contributed by atoms with Gasteiger partial charge >= 0.3 is 0 Å². The summed E-state index contributed by atoms with van der Waals surface area (Å²) in [5.74, 6) is 0.0376. The largest absolute Gasteiger partial charge is 0.504 e. The van der Waals surface area contributed by atoms with Crippen LogP contribution in [0.2, 0.25) is 0 Å². The maximum absolute atomic E-state index is 10.9. The minimum Gasteiger partial charge on any atom is -0.504 e. The molecule has 1 aliphatic rings. The standard InChI is InChI=1S/C9H7NO3/c1-13-8-4-6-5(2-7(8)11)3-9(12)10-6/h2-4,11H,1H3. The zero-order valence-corrected chi connectivity index (χ0v) is 6.94. The van der Waals surface area contributed by atoms with Gasteiger partial charge in [0.2, 0.25) is 0 Å². The van der Waals surface area contributed by atoms with Gasteiger partial charge in [0.05, 0.1) is 12.5 Å². The van der Waals surface area contributed by atoms with Crippen LogP contribution in [-0.2, 0) is 4.79 Å². The first kappa shape index (κ1) is 7.79. The highest BCUT2D eigenvalue weighted by molar-refractivity contribution is 6.06. The van der Waals surface area contributed by atoms with Crippen molar-refractivity contribution in [2.75, 3.05) is 7.11 Å². The molecule has 1 N–H and O–H groups in total. The van der Waals surface area contributed by atoms with Crippen molar-refractivity contribution in [3.05, 3.63) is 22.7 Å². The second-order valence-corrected chi connectivity index (χ2v) is 2.68. The first-order chi connectivity index (χ1) is 6.20. The van der Waals surface area contributed by atoms with E-state index in [4.69, 9.17) is 4.74 Å². The van der Waals surface area contributed by atoms with Crippen molar-refractivity contribution in [2.45, 2.75) is 0 Å². The lowest BCUT2D eigenvalue weighted by Crippen LogP contribution is -2.20. The Kier molecular flexibility index (Phi) is 1.55. The molecule has 0 saturated heterocycles. The van der Waals surface area contributed by atoms with Gasteiger partial charge < -0.3 is 9.84 Å². The van der Waals surface area contributed by atoms with Crippen LogP contribution in [0.5, 0.6) is 11.5 Å². The number of phenolic OH excluding ortho intramolecular Hbond substituents is 1. The summed E-state index contributed by atoms with van der Waals surface area (Å²) in [6.07, 6.45) is 1.37. The molecular weight excluding hydrogens is 170 g/mol. The number of fused-ring (bicyclic) bond motifs is 1. The number of hydrogen-bond acceptors (Lipinski definition) is 3. The second-order valence-electron chi connectivity index (χ2n) is 2.68. The molecule has 66 valence electrons. The van der Waals surface area contributed by atoms with E-state index < -0.39 is 0 Å². The van der Waals surface area contributed by atoms with E-state index in [2.05, 4.69) is 4.99 Å². The molecule has 0 radical (unpaired) electrons. The summed E-state index contributed by atoms with van der Waals surface area (Å²) in [7, 11) is 1.45. The van der Waals surface area contributed by atoms with Crippen molar-refractivity contribution in [1.29, 1.82) is 0 Å². The third kappa shape index (κ3) is 1.16. The molecule has 0 saturated carbocycles. The number of carbonyl (C=O) groups excluding carboxylic acids is 1. The summed E-state index contributed by atoms with van der Waals surface area (Å²) in [5, 5.41) is 10.5. The number of carbonyl (C=O) groups is 1. The van der Waals surface area contributed by atoms with E-state index in [0.717, 1.165) is 0 Å². The number of ether oxygens (including phenoxy) is 1. The smallest absolute Gasteiger partial charge is 0.270 e. The fraction of sp³-hybridized carbons (Fsp3) is 0.111. The Bertz CT molecular complexity index is 490. The van der Waals surface area contributed by atoms with Gasteiger partial charge in [-0.15, -0.1) is 0 Å². The zero-order valence-electron chi connectivity index (χ0n) is 6.94. The normalized spacial score (nSPS) is 13.2. The van der Waals surface area contributed by atoms with Gasteiger partial charge in [0.1, 0.15) is 0 Å². The first-order valence-corrected chi connectivity index (χ1v) is 3.72. The molecule has 0 aliphatic carbocycles. The quantitative estimate of drug-likeness (QED) is 0.619. The molecule has 1 aromatic carbocycles. The van der Waals surface area contributed by atoms with Crippen LogP contribution in [0.15, 0.2) is 17.1 Å². The van der Waals surface area contributed by atoms with Gasteiger partial charge in [-0.1, -0.05) is 0 Å². The summed E-state index contributed by atoms with van der Waals surface area (Å²) in [6, 6.07) is 2.99. The van der Waals surface area contributed by atoms with Gasteiger partial charge in [-0.05, 0) is 6.07 Å². The molecule has 0 aromatic heterocycles. The lowest BCUT2D eigenvalue weighted by Gasteiger charge is -2.00. The topological polar surface area (TPSA) is 58.9 Å². The molecule has 0 spiro atoms. The molecule has 13 heavy (non-hydrogen) atoms. The number of methoxy groups -OCH3 is 1. The molecule has 4 heteroatoms. The average molecular weight is 177 g/mol. The Morgan fingerprint density at radius 2 is 2.23 bits per heavy atom. The number of phenols is 1. The third-order valence-corrected chi connectivity index (χ3v) is 1.84. The predicted molar refractivity (Wildman–Crippen MR) is 44.9 cm³/mol. The minimum absolute atomic E-state index is 0.0161. The van der Waals surface area contributed by atoms with E-state index in [1.54, 1.807) is 0 Å². The number of hydrogen-bond donors (Lipinski definition) is 1. The fourth-order valence-corrected chi connectivity index (χ4v) is 1.23. The fourth-order valence-electron chi connectivity index (χ4n) is 1.23. The van der Waals surface area contributed by atoms with Crippen LogP contribution in [0.25, 0.3) is 6.08 Å². The summed E-state index contributed by atoms with van der Waals surface area (Å²) in [4.78, 5) is 14.6. The number of nitrogens with zero attached hydrogens (tertiary/aromatic N) is 1. The first-order valence-electron chi connectivity index (χ1n) is 3.72. The molecule has 0 atom stereocenters. The molecule has 1 amide bonds. The Morgan fingerprint density at radius 3 is 2.92 bits per heavy atom. The van der Waals surface area contributed by atoms with Crippen molar-refractivity contribution in [3.63, 3.8) is 0 Å². The van der Waals surface area contributed by atoms with Crippen molar-refractivity contribution in [2.24, 2.45) is 4.99 Å². The van der Waals surface area contributed by atoms with Crippen LogP contribution in [-0.4, -0.2) is 18.1 Å². The molecule has 1 aromatic rings. The molecule has 0 unspecified atom stereocenters. The van der Waals surface area contributed by atoms with E-state index in [0.29, 0.717) is 16.3 Å². The summed E-state index contributed by atoms with van der Waals surface area (Å²) in [6.45, 7) is 0. The SMILES string of the molecule is COc1cc2c(cc1O)=CC(=O)N=2. The number of rotatable bonds is 1. The maximum atomic E-state index is 10.9. The molecule has 4 nitrogen and oxygen atoms in total. The summed E-state index contributed by atoms with van der Waals surface area (Å²) in [5.41, 5.74) is 0. The predicted octanol–water partition coefficient (Wildman–Crippen LogP) is -0.659. The Labute approximate surface area is 73.8 Å². The Hall–Kier alpha value is -1.84. The van der Waals surface area contributed by atoms with Crippen LogP contribution in [0.4, 0.5) is 0 Å². The lowest BCUT2D eigenvalue weighted by atomic mass is 10.2. The van der Waals surface area contributed by atoms with Crippen LogP contribution in [0, 0.1) is 0 Å². The van der Waals surface area contributed by atoms with Crippen LogP contribution >= 0.6 is 0 Å². The zero-order chi connectivity index (χ0) is 9.42. The number of benzene rings is 1. The molecule has 2 rings (SSSR count). The van der Waals surface area contributed by atoms with E-state index in [-0.39, 0.29) is 11.7 Å². The van der Waals surface area contributed by atoms with Crippen LogP contribution in [0.1, 0.15) is 0 Å². The molecule has 0 fully saturated rings. The number of amides is 1. The van der Waals surface area contributed by atoms with Gasteiger partial charge in [0.15, 0.2) is 11.5 Å². The molecule has 0 bridgehead atoms. The van der Waals surface area contributed by atoms with E-state index in [9.17, 15) is 9.90 Å².